The summed E-state index contributed by atoms with van der Waals surface area (Å²) in [4.78, 5) is 33.4. The molecule has 2 aromatic carbocycles. The lowest BCUT2D eigenvalue weighted by Crippen LogP contribution is -2.25. The molecule has 0 radical (unpaired) electrons. The standard InChI is InChI=1S/C24H20N4O3S2/c1-28-19-13-17(32-22-4-2-3-11-25-22)9-10-18(19)26-21(28)14-31-16-7-5-15(6-8-16)12-20-23(29)27-24(30)33-20/h2-11,13,20H,12,14H2,1H3,(H,27,29,30)/i20D. The van der Waals surface area contributed by atoms with Crippen LogP contribution in [-0.4, -0.2) is 30.9 Å². The molecule has 1 fully saturated rings. The Morgan fingerprint density at radius 3 is 2.76 bits per heavy atom. The van der Waals surface area contributed by atoms with Crippen LogP contribution in [0.25, 0.3) is 11.0 Å². The zero-order chi connectivity index (χ0) is 23.7. The highest BCUT2D eigenvalue weighted by atomic mass is 32.2. The molecule has 4 aromatic rings. The lowest BCUT2D eigenvalue weighted by molar-refractivity contribution is -0.118. The Kier molecular flexibility index (Phi) is 5.72. The second-order valence-corrected chi connectivity index (χ2v) is 9.55. The number of carbonyl (C=O) groups is 2. The maximum atomic E-state index is 11.9. The molecule has 7 nitrogen and oxygen atoms in total. The third-order valence-electron chi connectivity index (χ3n) is 5.15. The minimum Gasteiger partial charge on any atom is -0.486 e. The summed E-state index contributed by atoms with van der Waals surface area (Å²) in [6.07, 6.45) is 1.92. The van der Waals surface area contributed by atoms with Gasteiger partial charge in [0.05, 0.1) is 17.6 Å². The molecule has 1 unspecified atom stereocenters. The minimum absolute atomic E-state index is 0.138. The van der Waals surface area contributed by atoms with E-state index in [0.29, 0.717) is 24.1 Å². The van der Waals surface area contributed by atoms with Crippen molar-refractivity contribution in [1.82, 2.24) is 19.9 Å². The molecule has 1 saturated heterocycles. The van der Waals surface area contributed by atoms with Crippen LogP contribution in [0.1, 0.15) is 12.8 Å². The largest absolute Gasteiger partial charge is 0.486 e. The fourth-order valence-electron chi connectivity index (χ4n) is 3.44. The van der Waals surface area contributed by atoms with E-state index in [2.05, 4.69) is 16.4 Å². The highest BCUT2D eigenvalue weighted by Crippen LogP contribution is 2.29. The van der Waals surface area contributed by atoms with Crippen LogP contribution in [0.5, 0.6) is 5.75 Å². The Labute approximate surface area is 200 Å². The summed E-state index contributed by atoms with van der Waals surface area (Å²) >= 11 is 2.31. The molecular formula is C24H20N4O3S2. The van der Waals surface area contributed by atoms with E-state index in [1.165, 1.54) is 0 Å². The van der Waals surface area contributed by atoms with Crippen LogP contribution in [0, 0.1) is 0 Å². The molecule has 1 atom stereocenters. The van der Waals surface area contributed by atoms with Gasteiger partial charge in [0.1, 0.15) is 23.2 Å². The van der Waals surface area contributed by atoms with Crippen molar-refractivity contribution in [3.63, 3.8) is 0 Å². The van der Waals surface area contributed by atoms with Crippen molar-refractivity contribution < 1.29 is 15.7 Å². The van der Waals surface area contributed by atoms with Crippen LogP contribution < -0.4 is 10.1 Å². The topological polar surface area (TPSA) is 86.1 Å². The number of hydrogen-bond donors (Lipinski definition) is 1. The van der Waals surface area contributed by atoms with E-state index in [1.807, 2.05) is 41.9 Å². The zero-order valence-corrected chi connectivity index (χ0v) is 19.3. The summed E-state index contributed by atoms with van der Waals surface area (Å²) in [5.74, 6) is 0.869. The third-order valence-corrected chi connectivity index (χ3v) is 6.95. The average molecular weight is 478 g/mol. The molecule has 166 valence electrons. The van der Waals surface area contributed by atoms with Gasteiger partial charge in [0.15, 0.2) is 0 Å². The number of pyridine rings is 1. The van der Waals surface area contributed by atoms with Crippen LogP contribution in [0.3, 0.4) is 0 Å². The van der Waals surface area contributed by atoms with E-state index in [1.54, 1.807) is 42.2 Å². The fraction of sp³-hybridized carbons (Fsp3) is 0.167. The third kappa shape index (κ3) is 4.89. The van der Waals surface area contributed by atoms with Crippen molar-refractivity contribution in [1.29, 1.82) is 0 Å². The fourth-order valence-corrected chi connectivity index (χ4v) is 5.00. The Bertz CT molecular complexity index is 1380. The molecule has 9 heteroatoms. The van der Waals surface area contributed by atoms with Crippen LogP contribution >= 0.6 is 23.5 Å². The van der Waals surface area contributed by atoms with Gasteiger partial charge in [-0.15, -0.1) is 0 Å². The highest BCUT2D eigenvalue weighted by molar-refractivity contribution is 8.15. The van der Waals surface area contributed by atoms with E-state index >= 15 is 0 Å². The second kappa shape index (κ2) is 9.29. The SMILES string of the molecule is [2H]C1(Cc2ccc(OCc3nc4ccc(Sc5ccccn5)cc4n3C)cc2)SC(=O)NC1=O. The van der Waals surface area contributed by atoms with E-state index in [0.717, 1.165) is 32.3 Å². The summed E-state index contributed by atoms with van der Waals surface area (Å²) in [5.41, 5.74) is 2.68. The van der Waals surface area contributed by atoms with E-state index < -0.39 is 16.4 Å². The first-order valence-electron chi connectivity index (χ1n) is 10.7. The second-order valence-electron chi connectivity index (χ2n) is 7.38. The summed E-state index contributed by atoms with van der Waals surface area (Å²) in [7, 11) is 1.96. The quantitative estimate of drug-likeness (QED) is 0.417. The van der Waals surface area contributed by atoms with Gasteiger partial charge < -0.3 is 9.30 Å². The Morgan fingerprint density at radius 1 is 1.18 bits per heavy atom. The number of imide groups is 1. The molecule has 0 aliphatic carbocycles. The van der Waals surface area contributed by atoms with Gasteiger partial charge in [-0.2, -0.15) is 0 Å². The monoisotopic (exact) mass is 477 g/mol. The van der Waals surface area contributed by atoms with Crippen molar-refractivity contribution in [2.24, 2.45) is 7.05 Å². The number of carbonyl (C=O) groups excluding carboxylic acids is 2. The van der Waals surface area contributed by atoms with Gasteiger partial charge in [-0.05, 0) is 54.4 Å². The van der Waals surface area contributed by atoms with Gasteiger partial charge in [-0.3, -0.25) is 14.9 Å². The number of aryl methyl sites for hydroxylation is 1. The highest BCUT2D eigenvalue weighted by Gasteiger charge is 2.31. The number of hydrogen-bond acceptors (Lipinski definition) is 7. The van der Waals surface area contributed by atoms with E-state index in [9.17, 15) is 9.59 Å². The molecule has 1 aliphatic heterocycles. The first-order valence-corrected chi connectivity index (χ1v) is 11.8. The molecule has 1 aliphatic rings. The predicted octanol–water partition coefficient (Wildman–Crippen LogP) is 4.59. The first kappa shape index (κ1) is 20.3. The van der Waals surface area contributed by atoms with Crippen LogP contribution in [0.2, 0.25) is 0 Å². The van der Waals surface area contributed by atoms with Crippen molar-refractivity contribution in [2.75, 3.05) is 0 Å². The first-order chi connectivity index (χ1) is 16.4. The molecule has 0 bridgehead atoms. The zero-order valence-electron chi connectivity index (χ0n) is 18.6. The summed E-state index contributed by atoms with van der Waals surface area (Å²) in [6.45, 7) is 0.294. The van der Waals surface area contributed by atoms with E-state index in [-0.39, 0.29) is 6.42 Å². The normalized spacial score (nSPS) is 18.4. The minimum atomic E-state index is -1.53. The molecule has 2 aromatic heterocycles. The molecule has 5 rings (SSSR count). The maximum absolute atomic E-state index is 11.9. The van der Waals surface area contributed by atoms with Crippen molar-refractivity contribution >= 4 is 45.7 Å². The molecule has 2 amide bonds. The number of amides is 2. The number of rotatable bonds is 7. The van der Waals surface area contributed by atoms with Gasteiger partial charge in [-0.25, -0.2) is 9.97 Å². The lowest BCUT2D eigenvalue weighted by atomic mass is 10.1. The number of ether oxygens (including phenoxy) is 1. The number of imidazole rings is 1. The van der Waals surface area contributed by atoms with Crippen LogP contribution in [0.4, 0.5) is 4.79 Å². The van der Waals surface area contributed by atoms with Crippen molar-refractivity contribution in [3.8, 4) is 5.75 Å². The van der Waals surface area contributed by atoms with Gasteiger partial charge in [0, 0.05) is 18.1 Å². The number of aromatic nitrogens is 3. The molecule has 3 heterocycles. The Morgan fingerprint density at radius 2 is 2.03 bits per heavy atom. The number of fused-ring (bicyclic) bond motifs is 1. The molecule has 0 spiro atoms. The van der Waals surface area contributed by atoms with Crippen molar-refractivity contribution in [2.45, 2.75) is 28.2 Å². The molecule has 33 heavy (non-hydrogen) atoms. The van der Waals surface area contributed by atoms with Crippen LogP contribution in [-0.2, 0) is 24.9 Å². The maximum Gasteiger partial charge on any atom is 0.286 e. The smallest absolute Gasteiger partial charge is 0.286 e. The number of benzene rings is 2. The predicted molar refractivity (Wildman–Crippen MR) is 128 cm³/mol. The molecular weight excluding hydrogens is 456 g/mol. The summed E-state index contributed by atoms with van der Waals surface area (Å²) < 4.78 is 16.2. The van der Waals surface area contributed by atoms with E-state index in [4.69, 9.17) is 11.1 Å². The van der Waals surface area contributed by atoms with Gasteiger partial charge in [0.2, 0.25) is 5.91 Å². The van der Waals surface area contributed by atoms with Gasteiger partial charge in [0.25, 0.3) is 5.24 Å². The summed E-state index contributed by atoms with van der Waals surface area (Å²) in [6, 6.07) is 19.2. The Balaban J connectivity index is 1.25. The molecule has 0 saturated carbocycles. The number of thioether (sulfide) groups is 1. The summed E-state index contributed by atoms with van der Waals surface area (Å²) in [5, 5.41) is 1.10. The lowest BCUT2D eigenvalue weighted by Gasteiger charge is -2.09. The number of nitrogens with zero attached hydrogens (tertiary/aromatic N) is 3. The Hall–Kier alpha value is -3.30. The molecule has 1 N–H and O–H groups in total. The van der Waals surface area contributed by atoms with Crippen molar-refractivity contribution in [3.05, 3.63) is 78.2 Å². The van der Waals surface area contributed by atoms with Crippen LogP contribution in [0.15, 0.2) is 76.8 Å². The average Bonchev–Trinajstić information content (AvgIpc) is 3.27. The number of nitrogens with one attached hydrogen (secondary N) is 1. The van der Waals surface area contributed by atoms with Gasteiger partial charge >= 0.3 is 0 Å². The van der Waals surface area contributed by atoms with Gasteiger partial charge in [-0.1, -0.05) is 41.7 Å².